The molecular weight excluding hydrogens is 426 g/mol. The van der Waals surface area contributed by atoms with Crippen molar-refractivity contribution in [1.29, 1.82) is 0 Å². The van der Waals surface area contributed by atoms with Gasteiger partial charge in [0, 0.05) is 35.1 Å². The predicted octanol–water partition coefficient (Wildman–Crippen LogP) is 2.89. The number of esters is 1. The molecule has 0 aliphatic carbocycles. The minimum atomic E-state index is -3.60. The van der Waals surface area contributed by atoms with Gasteiger partial charge in [0.15, 0.2) is 11.7 Å². The van der Waals surface area contributed by atoms with E-state index in [1.165, 1.54) is 35.6 Å². The third-order valence-corrected chi connectivity index (χ3v) is 6.73. The standard InChI is InChI=1S/C20H21N3O5S2/c1-4-22-30(26,27)16-7-5-15(6-8-16)19(25)28-12-18(24)17-11-13(2)23(14(17)3)20-21-9-10-29-20/h5-11,22H,4,12H2,1-3H3. The van der Waals surface area contributed by atoms with Crippen LogP contribution in [-0.2, 0) is 14.8 Å². The topological polar surface area (TPSA) is 107 Å². The number of nitrogens with one attached hydrogen (secondary N) is 1. The van der Waals surface area contributed by atoms with Gasteiger partial charge >= 0.3 is 5.97 Å². The Hall–Kier alpha value is -2.82. The zero-order chi connectivity index (χ0) is 21.9. The number of ketones is 1. The Labute approximate surface area is 178 Å². The molecule has 158 valence electrons. The lowest BCUT2D eigenvalue weighted by Crippen LogP contribution is -2.23. The number of aromatic nitrogens is 2. The minimum Gasteiger partial charge on any atom is -0.454 e. The summed E-state index contributed by atoms with van der Waals surface area (Å²) in [6.07, 6.45) is 1.69. The lowest BCUT2D eigenvalue weighted by Gasteiger charge is -2.07. The van der Waals surface area contributed by atoms with Crippen LogP contribution in [0.1, 0.15) is 39.0 Å². The second-order valence-electron chi connectivity index (χ2n) is 6.46. The molecule has 0 spiro atoms. The van der Waals surface area contributed by atoms with Gasteiger partial charge in [-0.15, -0.1) is 11.3 Å². The summed E-state index contributed by atoms with van der Waals surface area (Å²) in [5, 5.41) is 2.61. The van der Waals surface area contributed by atoms with Crippen molar-refractivity contribution in [2.24, 2.45) is 0 Å². The molecule has 0 aliphatic rings. The van der Waals surface area contributed by atoms with E-state index in [0.717, 1.165) is 16.5 Å². The molecule has 3 rings (SSSR count). The SMILES string of the molecule is CCNS(=O)(=O)c1ccc(C(=O)OCC(=O)c2cc(C)n(-c3nccs3)c2C)cc1. The summed E-state index contributed by atoms with van der Waals surface area (Å²) < 4.78 is 33.3. The highest BCUT2D eigenvalue weighted by Gasteiger charge is 2.20. The fraction of sp³-hybridized carbons (Fsp3) is 0.250. The van der Waals surface area contributed by atoms with Crippen LogP contribution < -0.4 is 4.72 Å². The maximum absolute atomic E-state index is 12.6. The first-order chi connectivity index (χ1) is 14.2. The fourth-order valence-electron chi connectivity index (χ4n) is 3.00. The van der Waals surface area contributed by atoms with E-state index in [-0.39, 0.29) is 22.8 Å². The quantitative estimate of drug-likeness (QED) is 0.420. The molecule has 8 nitrogen and oxygen atoms in total. The van der Waals surface area contributed by atoms with Crippen LogP contribution in [0.2, 0.25) is 0 Å². The summed E-state index contributed by atoms with van der Waals surface area (Å²) in [5.74, 6) is -1.03. The van der Waals surface area contributed by atoms with Crippen LogP contribution in [-0.4, -0.2) is 42.9 Å². The molecule has 1 aromatic carbocycles. The Kier molecular flexibility index (Phi) is 6.49. The largest absolute Gasteiger partial charge is 0.454 e. The molecule has 0 fully saturated rings. The first-order valence-electron chi connectivity index (χ1n) is 9.13. The van der Waals surface area contributed by atoms with E-state index in [0.29, 0.717) is 5.56 Å². The molecule has 0 aliphatic heterocycles. The monoisotopic (exact) mass is 447 g/mol. The number of nitrogens with zero attached hydrogens (tertiary/aromatic N) is 2. The zero-order valence-corrected chi connectivity index (χ0v) is 18.3. The Balaban J connectivity index is 1.68. The molecule has 0 radical (unpaired) electrons. The van der Waals surface area contributed by atoms with Gasteiger partial charge in [-0.1, -0.05) is 6.92 Å². The second kappa shape index (κ2) is 8.90. The van der Waals surface area contributed by atoms with Crippen LogP contribution >= 0.6 is 11.3 Å². The molecule has 2 aromatic heterocycles. The summed E-state index contributed by atoms with van der Waals surface area (Å²) in [6, 6.07) is 7.08. The molecule has 0 atom stereocenters. The van der Waals surface area contributed by atoms with Crippen LogP contribution in [0.3, 0.4) is 0 Å². The van der Waals surface area contributed by atoms with Crippen LogP contribution in [0.25, 0.3) is 5.13 Å². The van der Waals surface area contributed by atoms with Crippen molar-refractivity contribution in [3.8, 4) is 5.13 Å². The number of thiazole rings is 1. The molecule has 1 N–H and O–H groups in total. The molecule has 0 saturated carbocycles. The third kappa shape index (κ3) is 4.50. The molecule has 3 aromatic rings. The van der Waals surface area contributed by atoms with E-state index in [1.807, 2.05) is 23.8 Å². The Morgan fingerprint density at radius 1 is 1.20 bits per heavy atom. The summed E-state index contributed by atoms with van der Waals surface area (Å²) in [5.41, 5.74) is 2.20. The Morgan fingerprint density at radius 3 is 2.50 bits per heavy atom. The highest BCUT2D eigenvalue weighted by atomic mass is 32.2. The number of ether oxygens (including phenoxy) is 1. The van der Waals surface area contributed by atoms with Gasteiger partial charge in [-0.25, -0.2) is 22.9 Å². The number of carbonyl (C=O) groups excluding carboxylic acids is 2. The highest BCUT2D eigenvalue weighted by Crippen LogP contribution is 2.22. The van der Waals surface area contributed by atoms with Crippen molar-refractivity contribution >= 4 is 33.1 Å². The normalized spacial score (nSPS) is 11.4. The first kappa shape index (κ1) is 21.9. The van der Waals surface area contributed by atoms with Crippen LogP contribution in [0, 0.1) is 13.8 Å². The average molecular weight is 448 g/mol. The number of sulfonamides is 1. The van der Waals surface area contributed by atoms with Crippen molar-refractivity contribution < 1.29 is 22.7 Å². The number of Topliss-reactive ketones (excluding diaryl/α,β-unsaturated/α-hetero) is 1. The van der Waals surface area contributed by atoms with E-state index < -0.39 is 22.6 Å². The number of rotatable bonds is 8. The third-order valence-electron chi connectivity index (χ3n) is 4.41. The van der Waals surface area contributed by atoms with Gasteiger partial charge < -0.3 is 4.74 Å². The van der Waals surface area contributed by atoms with Crippen molar-refractivity contribution in [3.05, 3.63) is 64.4 Å². The van der Waals surface area contributed by atoms with Crippen molar-refractivity contribution in [2.45, 2.75) is 25.7 Å². The highest BCUT2D eigenvalue weighted by molar-refractivity contribution is 7.89. The maximum Gasteiger partial charge on any atom is 0.338 e. The van der Waals surface area contributed by atoms with Gasteiger partial charge in [0.2, 0.25) is 15.8 Å². The second-order valence-corrected chi connectivity index (χ2v) is 9.10. The molecule has 30 heavy (non-hydrogen) atoms. The number of carbonyl (C=O) groups is 2. The summed E-state index contributed by atoms with van der Waals surface area (Å²) in [7, 11) is -3.60. The smallest absolute Gasteiger partial charge is 0.338 e. The van der Waals surface area contributed by atoms with Gasteiger partial charge in [0.1, 0.15) is 0 Å². The van der Waals surface area contributed by atoms with Crippen molar-refractivity contribution in [3.63, 3.8) is 0 Å². The predicted molar refractivity (Wildman–Crippen MR) is 113 cm³/mol. The van der Waals surface area contributed by atoms with Crippen molar-refractivity contribution in [2.75, 3.05) is 13.2 Å². The number of aryl methyl sites for hydroxylation is 1. The Morgan fingerprint density at radius 2 is 1.90 bits per heavy atom. The van der Waals surface area contributed by atoms with E-state index in [4.69, 9.17) is 4.74 Å². The minimum absolute atomic E-state index is 0.0478. The summed E-state index contributed by atoms with van der Waals surface area (Å²) in [6.45, 7) is 5.21. The van der Waals surface area contributed by atoms with Crippen molar-refractivity contribution in [1.82, 2.24) is 14.3 Å². The van der Waals surface area contributed by atoms with Gasteiger partial charge in [-0.3, -0.25) is 9.36 Å². The van der Waals surface area contributed by atoms with Gasteiger partial charge in [0.25, 0.3) is 0 Å². The maximum atomic E-state index is 12.6. The van der Waals surface area contributed by atoms with Gasteiger partial charge in [-0.05, 0) is 44.2 Å². The molecular formula is C20H21N3O5S2. The van der Waals surface area contributed by atoms with Crippen LogP contribution in [0.15, 0.2) is 46.8 Å². The van der Waals surface area contributed by atoms with E-state index >= 15 is 0 Å². The van der Waals surface area contributed by atoms with Crippen LogP contribution in [0.5, 0.6) is 0 Å². The molecule has 0 amide bonds. The lowest BCUT2D eigenvalue weighted by molar-refractivity contribution is 0.0474. The first-order valence-corrected chi connectivity index (χ1v) is 11.5. The number of hydrogen-bond acceptors (Lipinski definition) is 7. The zero-order valence-electron chi connectivity index (χ0n) is 16.7. The summed E-state index contributed by atoms with van der Waals surface area (Å²) in [4.78, 5) is 29.2. The van der Waals surface area contributed by atoms with Gasteiger partial charge in [0.05, 0.1) is 10.5 Å². The average Bonchev–Trinajstić information content (AvgIpc) is 3.33. The van der Waals surface area contributed by atoms with Crippen LogP contribution in [0.4, 0.5) is 0 Å². The molecule has 0 saturated heterocycles. The van der Waals surface area contributed by atoms with Gasteiger partial charge in [-0.2, -0.15) is 0 Å². The molecule has 2 heterocycles. The fourth-order valence-corrected chi connectivity index (χ4v) is 4.79. The molecule has 10 heteroatoms. The number of benzene rings is 1. The van der Waals surface area contributed by atoms with E-state index in [2.05, 4.69) is 9.71 Å². The summed E-state index contributed by atoms with van der Waals surface area (Å²) >= 11 is 1.46. The van der Waals surface area contributed by atoms with E-state index in [1.54, 1.807) is 19.2 Å². The van der Waals surface area contributed by atoms with E-state index in [9.17, 15) is 18.0 Å². The Bertz CT molecular complexity index is 1160. The number of hydrogen-bond donors (Lipinski definition) is 1. The molecule has 0 bridgehead atoms. The molecule has 0 unspecified atom stereocenters. The lowest BCUT2D eigenvalue weighted by atomic mass is 10.1.